The molecule has 0 aliphatic carbocycles. The molecule has 0 fully saturated rings. The van der Waals surface area contributed by atoms with Crippen LogP contribution in [0.4, 0.5) is 5.82 Å². The van der Waals surface area contributed by atoms with Gasteiger partial charge in [0.1, 0.15) is 18.7 Å². The molecule has 1 aromatic heterocycles. The summed E-state index contributed by atoms with van der Waals surface area (Å²) in [5.41, 5.74) is 0.821. The summed E-state index contributed by atoms with van der Waals surface area (Å²) in [4.78, 5) is 20.8. The van der Waals surface area contributed by atoms with Crippen LogP contribution < -0.4 is 4.90 Å². The zero-order valence-corrected chi connectivity index (χ0v) is 9.50. The van der Waals surface area contributed by atoms with Crippen molar-refractivity contribution in [1.82, 2.24) is 9.97 Å². The first kappa shape index (κ1) is 11.3. The van der Waals surface area contributed by atoms with Crippen molar-refractivity contribution in [1.29, 1.82) is 0 Å². The van der Waals surface area contributed by atoms with E-state index in [-0.39, 0.29) is 6.54 Å². The molecule has 0 aliphatic rings. The summed E-state index contributed by atoms with van der Waals surface area (Å²) in [6, 6.07) is 7.57. The molecule has 1 N–H and O–H groups in total. The molecule has 0 unspecified atom stereocenters. The maximum atomic E-state index is 10.8. The molecule has 5 nitrogen and oxygen atoms in total. The normalized spacial score (nSPS) is 10.4. The Hall–Kier alpha value is -2.17. The highest BCUT2D eigenvalue weighted by Gasteiger charge is 2.13. The van der Waals surface area contributed by atoms with Crippen molar-refractivity contribution in [3.05, 3.63) is 30.6 Å². The fourth-order valence-electron chi connectivity index (χ4n) is 1.74. The molecule has 0 spiro atoms. The SMILES string of the molecule is CCN(CC(=O)O)c1ncnc2ccccc12. The van der Waals surface area contributed by atoms with Crippen molar-refractivity contribution in [2.45, 2.75) is 6.92 Å². The molecule has 88 valence electrons. The molecule has 0 aliphatic heterocycles. The number of nitrogens with zero attached hydrogens (tertiary/aromatic N) is 3. The number of carbonyl (C=O) groups is 1. The van der Waals surface area contributed by atoms with E-state index in [1.165, 1.54) is 6.33 Å². The minimum absolute atomic E-state index is 0.0580. The number of aliphatic carboxylic acids is 1. The van der Waals surface area contributed by atoms with Gasteiger partial charge < -0.3 is 10.0 Å². The molecule has 17 heavy (non-hydrogen) atoms. The molecule has 0 saturated heterocycles. The average molecular weight is 231 g/mol. The number of likely N-dealkylation sites (N-methyl/N-ethyl adjacent to an activating group) is 1. The Morgan fingerprint density at radius 1 is 1.35 bits per heavy atom. The quantitative estimate of drug-likeness (QED) is 0.864. The van der Waals surface area contributed by atoms with Gasteiger partial charge in [0.05, 0.1) is 5.52 Å². The Labute approximate surface area is 98.7 Å². The van der Waals surface area contributed by atoms with Gasteiger partial charge in [-0.25, -0.2) is 9.97 Å². The number of hydrogen-bond acceptors (Lipinski definition) is 4. The van der Waals surface area contributed by atoms with Crippen molar-refractivity contribution >= 4 is 22.7 Å². The Kier molecular flexibility index (Phi) is 3.18. The lowest BCUT2D eigenvalue weighted by Crippen LogP contribution is -2.30. The van der Waals surface area contributed by atoms with Crippen LogP contribution in [0.1, 0.15) is 6.92 Å². The van der Waals surface area contributed by atoms with Crippen molar-refractivity contribution in [2.75, 3.05) is 18.0 Å². The lowest BCUT2D eigenvalue weighted by Gasteiger charge is -2.20. The Morgan fingerprint density at radius 3 is 2.82 bits per heavy atom. The topological polar surface area (TPSA) is 66.3 Å². The Morgan fingerprint density at radius 2 is 2.12 bits per heavy atom. The van der Waals surface area contributed by atoms with Gasteiger partial charge in [-0.15, -0.1) is 0 Å². The Balaban J connectivity index is 2.49. The second kappa shape index (κ2) is 4.78. The summed E-state index contributed by atoms with van der Waals surface area (Å²) in [5.74, 6) is -0.199. The van der Waals surface area contributed by atoms with Gasteiger partial charge in [-0.3, -0.25) is 4.79 Å². The highest BCUT2D eigenvalue weighted by Crippen LogP contribution is 2.21. The number of carboxylic acid groups (broad SMARTS) is 1. The van der Waals surface area contributed by atoms with Crippen molar-refractivity contribution in [3.8, 4) is 0 Å². The van der Waals surface area contributed by atoms with Crippen LogP contribution in [0.25, 0.3) is 10.9 Å². The van der Waals surface area contributed by atoms with E-state index < -0.39 is 5.97 Å². The fourth-order valence-corrected chi connectivity index (χ4v) is 1.74. The monoisotopic (exact) mass is 231 g/mol. The molecular weight excluding hydrogens is 218 g/mol. The zero-order valence-electron chi connectivity index (χ0n) is 9.50. The van der Waals surface area contributed by atoms with E-state index >= 15 is 0 Å². The Bertz CT molecular complexity index is 537. The predicted molar refractivity (Wildman–Crippen MR) is 65.1 cm³/mol. The summed E-state index contributed by atoms with van der Waals surface area (Å²) >= 11 is 0. The van der Waals surface area contributed by atoms with Crippen molar-refractivity contribution in [3.63, 3.8) is 0 Å². The van der Waals surface area contributed by atoms with Crippen LogP contribution in [-0.2, 0) is 4.79 Å². The summed E-state index contributed by atoms with van der Waals surface area (Å²) in [6.45, 7) is 2.44. The number of carboxylic acids is 1. The van der Waals surface area contributed by atoms with Crippen LogP contribution in [0.3, 0.4) is 0 Å². The van der Waals surface area contributed by atoms with Crippen molar-refractivity contribution < 1.29 is 9.90 Å². The van der Waals surface area contributed by atoms with E-state index in [1.807, 2.05) is 31.2 Å². The zero-order chi connectivity index (χ0) is 12.3. The molecule has 0 radical (unpaired) electrons. The molecule has 1 heterocycles. The minimum atomic E-state index is -0.866. The highest BCUT2D eigenvalue weighted by atomic mass is 16.4. The van der Waals surface area contributed by atoms with Crippen LogP contribution in [0, 0.1) is 0 Å². The van der Waals surface area contributed by atoms with Crippen molar-refractivity contribution in [2.24, 2.45) is 0 Å². The summed E-state index contributed by atoms with van der Waals surface area (Å²) in [5, 5.41) is 9.74. The molecule has 0 saturated carbocycles. The van der Waals surface area contributed by atoms with Gasteiger partial charge in [0.2, 0.25) is 0 Å². The molecule has 0 atom stereocenters. The van der Waals surface area contributed by atoms with E-state index in [2.05, 4.69) is 9.97 Å². The van der Waals surface area contributed by atoms with Crippen LogP contribution in [0.15, 0.2) is 30.6 Å². The number of para-hydroxylation sites is 1. The maximum Gasteiger partial charge on any atom is 0.323 e. The number of aromatic nitrogens is 2. The lowest BCUT2D eigenvalue weighted by atomic mass is 10.2. The lowest BCUT2D eigenvalue weighted by molar-refractivity contribution is -0.135. The largest absolute Gasteiger partial charge is 0.480 e. The second-order valence-corrected chi connectivity index (χ2v) is 3.62. The van der Waals surface area contributed by atoms with Gasteiger partial charge in [0.15, 0.2) is 0 Å². The van der Waals surface area contributed by atoms with Gasteiger partial charge >= 0.3 is 5.97 Å². The maximum absolute atomic E-state index is 10.8. The first-order valence-electron chi connectivity index (χ1n) is 5.39. The summed E-state index contributed by atoms with van der Waals surface area (Å²) < 4.78 is 0. The molecule has 0 amide bonds. The van der Waals surface area contributed by atoms with Gasteiger partial charge in [0, 0.05) is 11.9 Å². The number of hydrogen-bond donors (Lipinski definition) is 1. The molecule has 2 aromatic rings. The third kappa shape index (κ3) is 2.33. The van der Waals surface area contributed by atoms with Gasteiger partial charge in [-0.1, -0.05) is 12.1 Å². The van der Waals surface area contributed by atoms with Crippen LogP contribution in [0.5, 0.6) is 0 Å². The summed E-state index contributed by atoms with van der Waals surface area (Å²) in [6.07, 6.45) is 1.46. The number of fused-ring (bicyclic) bond motifs is 1. The predicted octanol–water partition coefficient (Wildman–Crippen LogP) is 1.54. The minimum Gasteiger partial charge on any atom is -0.480 e. The van der Waals surface area contributed by atoms with Gasteiger partial charge in [0.25, 0.3) is 0 Å². The molecule has 1 aromatic carbocycles. The van der Waals surface area contributed by atoms with Gasteiger partial charge in [-0.05, 0) is 19.1 Å². The first-order valence-corrected chi connectivity index (χ1v) is 5.39. The average Bonchev–Trinajstić information content (AvgIpc) is 2.35. The van der Waals surface area contributed by atoms with Crippen LogP contribution in [-0.4, -0.2) is 34.1 Å². The van der Waals surface area contributed by atoms with E-state index in [9.17, 15) is 4.79 Å². The third-order valence-corrected chi connectivity index (χ3v) is 2.53. The van der Waals surface area contributed by atoms with Gasteiger partial charge in [-0.2, -0.15) is 0 Å². The molecule has 5 heteroatoms. The fraction of sp³-hybridized carbons (Fsp3) is 0.250. The van der Waals surface area contributed by atoms with E-state index in [0.29, 0.717) is 12.4 Å². The van der Waals surface area contributed by atoms with Crippen LogP contribution >= 0.6 is 0 Å². The number of rotatable bonds is 4. The smallest absolute Gasteiger partial charge is 0.323 e. The molecular formula is C12H13N3O2. The highest BCUT2D eigenvalue weighted by molar-refractivity contribution is 5.90. The third-order valence-electron chi connectivity index (χ3n) is 2.53. The summed E-state index contributed by atoms with van der Waals surface area (Å²) in [7, 11) is 0. The number of benzene rings is 1. The van der Waals surface area contributed by atoms with E-state index in [0.717, 1.165) is 10.9 Å². The molecule has 2 rings (SSSR count). The molecule has 0 bridgehead atoms. The van der Waals surface area contributed by atoms with E-state index in [1.54, 1.807) is 4.90 Å². The van der Waals surface area contributed by atoms with E-state index in [4.69, 9.17) is 5.11 Å². The second-order valence-electron chi connectivity index (χ2n) is 3.62. The van der Waals surface area contributed by atoms with Crippen LogP contribution in [0.2, 0.25) is 0 Å². The first-order chi connectivity index (χ1) is 8.22. The standard InChI is InChI=1S/C12H13N3O2/c1-2-15(7-11(16)17)12-9-5-3-4-6-10(9)13-8-14-12/h3-6,8H,2,7H2,1H3,(H,16,17). The number of anilines is 1.